The number of ether oxygens (including phenoxy) is 1. The molecule has 7 heteroatoms. The number of nitrogens with zero attached hydrogens (tertiary/aromatic N) is 1. The average molecular weight is 398 g/mol. The molecule has 1 aliphatic heterocycles. The van der Waals surface area contributed by atoms with E-state index in [2.05, 4.69) is 12.2 Å². The summed E-state index contributed by atoms with van der Waals surface area (Å²) >= 11 is 0. The van der Waals surface area contributed by atoms with Gasteiger partial charge in [0.25, 0.3) is 0 Å². The zero-order chi connectivity index (χ0) is 20.7. The Morgan fingerprint density at radius 2 is 1.89 bits per heavy atom. The van der Waals surface area contributed by atoms with E-state index in [0.717, 1.165) is 30.5 Å². The minimum atomic E-state index is -4.30. The van der Waals surface area contributed by atoms with Crippen LogP contribution in [0.4, 0.5) is 18.0 Å². The lowest BCUT2D eigenvalue weighted by Crippen LogP contribution is -2.38. The Hall–Kier alpha value is -1.76. The van der Waals surface area contributed by atoms with Crippen LogP contribution in [0.25, 0.3) is 0 Å². The zero-order valence-corrected chi connectivity index (χ0v) is 16.9. The van der Waals surface area contributed by atoms with Crippen LogP contribution in [0.3, 0.4) is 0 Å². The summed E-state index contributed by atoms with van der Waals surface area (Å²) in [5.41, 5.74) is -0.233. The third kappa shape index (κ3) is 4.80. The van der Waals surface area contributed by atoms with Crippen molar-refractivity contribution in [3.8, 4) is 0 Å². The quantitative estimate of drug-likeness (QED) is 0.793. The number of nitrogens with one attached hydrogen (secondary N) is 1. The molecule has 0 bridgehead atoms. The largest absolute Gasteiger partial charge is 0.444 e. The number of likely N-dealkylation sites (tertiary alicyclic amines) is 1. The van der Waals surface area contributed by atoms with Crippen LogP contribution in [0.5, 0.6) is 0 Å². The fraction of sp³-hybridized carbons (Fsp3) is 0.667. The molecule has 1 saturated heterocycles. The molecule has 28 heavy (non-hydrogen) atoms. The predicted octanol–water partition coefficient (Wildman–Crippen LogP) is 4.83. The summed E-state index contributed by atoms with van der Waals surface area (Å²) in [5.74, 6) is 0.408. The van der Waals surface area contributed by atoms with Crippen molar-refractivity contribution in [2.45, 2.75) is 64.9 Å². The predicted molar refractivity (Wildman–Crippen MR) is 101 cm³/mol. The highest BCUT2D eigenvalue weighted by Gasteiger charge is 2.51. The molecule has 1 aromatic rings. The maximum Gasteiger partial charge on any atom is 0.416 e. The van der Waals surface area contributed by atoms with E-state index in [9.17, 15) is 18.0 Å². The Bertz CT molecular complexity index is 712. The van der Waals surface area contributed by atoms with Gasteiger partial charge in [0.1, 0.15) is 5.60 Å². The van der Waals surface area contributed by atoms with Crippen molar-refractivity contribution in [2.75, 3.05) is 13.1 Å². The highest BCUT2D eigenvalue weighted by molar-refractivity contribution is 5.68. The van der Waals surface area contributed by atoms with Gasteiger partial charge in [-0.05, 0) is 62.6 Å². The lowest BCUT2D eigenvalue weighted by atomic mass is 9.83. The first-order valence-electron chi connectivity index (χ1n) is 9.73. The number of benzene rings is 1. The fourth-order valence-electron chi connectivity index (χ4n) is 4.39. The second-order valence-corrected chi connectivity index (χ2v) is 9.42. The Labute approximate surface area is 164 Å². The molecule has 1 saturated carbocycles. The second kappa shape index (κ2) is 7.25. The molecule has 2 aliphatic rings. The molecule has 1 aliphatic carbocycles. The van der Waals surface area contributed by atoms with Crippen molar-refractivity contribution < 1.29 is 22.7 Å². The minimum absolute atomic E-state index is 0.0503. The first kappa shape index (κ1) is 21.0. The first-order chi connectivity index (χ1) is 12.9. The van der Waals surface area contributed by atoms with Crippen molar-refractivity contribution in [3.63, 3.8) is 0 Å². The first-order valence-corrected chi connectivity index (χ1v) is 9.73. The number of halogens is 3. The number of hydrogen-bond donors (Lipinski definition) is 1. The Morgan fingerprint density at radius 3 is 2.43 bits per heavy atom. The van der Waals surface area contributed by atoms with Crippen molar-refractivity contribution in [1.29, 1.82) is 0 Å². The molecule has 0 aromatic heterocycles. The maximum absolute atomic E-state index is 12.7. The Balaban J connectivity index is 1.51. The van der Waals surface area contributed by atoms with E-state index < -0.39 is 17.3 Å². The van der Waals surface area contributed by atoms with Gasteiger partial charge < -0.3 is 15.0 Å². The summed E-state index contributed by atoms with van der Waals surface area (Å²) in [6.07, 6.45) is -2.66. The van der Waals surface area contributed by atoms with Crippen LogP contribution in [0, 0.1) is 11.3 Å². The molecule has 1 aromatic carbocycles. The lowest BCUT2D eigenvalue weighted by molar-refractivity contribution is -0.137. The smallest absolute Gasteiger partial charge is 0.416 e. The van der Waals surface area contributed by atoms with Crippen LogP contribution in [0.2, 0.25) is 0 Å². The molecule has 3 atom stereocenters. The SMILES string of the molecule is CC(C)(C)OC(=O)N1C[C@H]2C[C@@H](NCc3ccc(C(F)(F)F)cc3)C[C@@]2(C)C1. The topological polar surface area (TPSA) is 41.6 Å². The second-order valence-electron chi connectivity index (χ2n) is 9.42. The molecular weight excluding hydrogens is 369 g/mol. The van der Waals surface area contributed by atoms with Gasteiger partial charge in [-0.25, -0.2) is 4.79 Å². The van der Waals surface area contributed by atoms with Crippen molar-refractivity contribution in [2.24, 2.45) is 11.3 Å². The van der Waals surface area contributed by atoms with Crippen LogP contribution in [-0.4, -0.2) is 35.7 Å². The number of carbonyl (C=O) groups is 1. The van der Waals surface area contributed by atoms with Gasteiger partial charge in [0, 0.05) is 25.7 Å². The van der Waals surface area contributed by atoms with Gasteiger partial charge in [0.2, 0.25) is 0 Å². The molecular formula is C21H29F3N2O2. The third-order valence-corrected chi connectivity index (χ3v) is 5.79. The molecule has 4 nitrogen and oxygen atoms in total. The van der Waals surface area contributed by atoms with E-state index in [1.807, 2.05) is 25.7 Å². The van der Waals surface area contributed by atoms with Gasteiger partial charge in [-0.3, -0.25) is 0 Å². The van der Waals surface area contributed by atoms with E-state index in [0.29, 0.717) is 31.6 Å². The molecule has 0 unspecified atom stereocenters. The van der Waals surface area contributed by atoms with Gasteiger partial charge in [-0.15, -0.1) is 0 Å². The van der Waals surface area contributed by atoms with Crippen LogP contribution < -0.4 is 5.32 Å². The summed E-state index contributed by atoms with van der Waals surface area (Å²) in [4.78, 5) is 14.1. The summed E-state index contributed by atoms with van der Waals surface area (Å²) in [7, 11) is 0. The Morgan fingerprint density at radius 1 is 1.25 bits per heavy atom. The van der Waals surface area contributed by atoms with Crippen molar-refractivity contribution in [1.82, 2.24) is 10.2 Å². The van der Waals surface area contributed by atoms with E-state index >= 15 is 0 Å². The molecule has 0 spiro atoms. The lowest BCUT2D eigenvalue weighted by Gasteiger charge is -2.27. The minimum Gasteiger partial charge on any atom is -0.444 e. The summed E-state index contributed by atoms with van der Waals surface area (Å²) in [5, 5.41) is 3.48. The van der Waals surface area contributed by atoms with Gasteiger partial charge in [-0.1, -0.05) is 19.1 Å². The van der Waals surface area contributed by atoms with Crippen molar-refractivity contribution in [3.05, 3.63) is 35.4 Å². The summed E-state index contributed by atoms with van der Waals surface area (Å²) in [6, 6.07) is 5.61. The van der Waals surface area contributed by atoms with Crippen LogP contribution in [-0.2, 0) is 17.5 Å². The molecule has 3 rings (SSSR count). The third-order valence-electron chi connectivity index (χ3n) is 5.79. The van der Waals surface area contributed by atoms with Gasteiger partial charge in [0.15, 0.2) is 0 Å². The summed E-state index contributed by atoms with van der Waals surface area (Å²) < 4.78 is 43.4. The van der Waals surface area contributed by atoms with Crippen LogP contribution >= 0.6 is 0 Å². The molecule has 0 radical (unpaired) electrons. The van der Waals surface area contributed by atoms with Gasteiger partial charge >= 0.3 is 12.3 Å². The zero-order valence-electron chi connectivity index (χ0n) is 16.9. The molecule has 1 amide bonds. The van der Waals surface area contributed by atoms with E-state index in [1.54, 1.807) is 0 Å². The normalized spacial score (nSPS) is 27.8. The molecule has 2 fully saturated rings. The summed E-state index contributed by atoms with van der Waals surface area (Å²) in [6.45, 7) is 9.73. The van der Waals surface area contributed by atoms with Crippen molar-refractivity contribution >= 4 is 6.09 Å². The van der Waals surface area contributed by atoms with Gasteiger partial charge in [0.05, 0.1) is 5.56 Å². The number of amides is 1. The number of hydrogen-bond acceptors (Lipinski definition) is 3. The highest BCUT2D eigenvalue weighted by Crippen LogP contribution is 2.48. The molecule has 1 heterocycles. The molecule has 156 valence electrons. The van der Waals surface area contributed by atoms with E-state index in [-0.39, 0.29) is 11.5 Å². The molecule has 1 N–H and O–H groups in total. The number of alkyl halides is 3. The average Bonchev–Trinajstić information content (AvgIpc) is 3.02. The Kier molecular flexibility index (Phi) is 5.42. The monoisotopic (exact) mass is 398 g/mol. The van der Waals surface area contributed by atoms with Crippen LogP contribution in [0.15, 0.2) is 24.3 Å². The van der Waals surface area contributed by atoms with E-state index in [1.165, 1.54) is 12.1 Å². The maximum atomic E-state index is 12.7. The highest BCUT2D eigenvalue weighted by atomic mass is 19.4. The van der Waals surface area contributed by atoms with Gasteiger partial charge in [-0.2, -0.15) is 13.2 Å². The fourth-order valence-corrected chi connectivity index (χ4v) is 4.39. The van der Waals surface area contributed by atoms with Crippen LogP contribution in [0.1, 0.15) is 51.7 Å². The standard InChI is InChI=1S/C21H29F3N2O2/c1-19(2,3)28-18(27)26-12-16-9-17(10-20(16,4)13-26)25-11-14-5-7-15(8-6-14)21(22,23)24/h5-8,16-17,25H,9-13H2,1-4H3/t16-,17-,20+/m1/s1. The van der Waals surface area contributed by atoms with E-state index in [4.69, 9.17) is 4.74 Å². The number of fused-ring (bicyclic) bond motifs is 1. The number of rotatable bonds is 3. The number of carbonyl (C=O) groups excluding carboxylic acids is 1.